The first kappa shape index (κ1) is 13.8. The average molecular weight is 315 g/mol. The van der Waals surface area contributed by atoms with Crippen molar-refractivity contribution < 1.29 is 4.79 Å². The molecule has 0 fully saturated rings. The molecule has 0 bridgehead atoms. The average Bonchev–Trinajstić information content (AvgIpc) is 2.87. The topological polar surface area (TPSA) is 42.0 Å². The van der Waals surface area contributed by atoms with Crippen LogP contribution < -0.4 is 5.32 Å². The van der Waals surface area contributed by atoms with Crippen LogP contribution in [0.5, 0.6) is 0 Å². The van der Waals surface area contributed by atoms with E-state index in [1.54, 1.807) is 18.2 Å². The highest BCUT2D eigenvalue weighted by Crippen LogP contribution is 2.25. The van der Waals surface area contributed by atoms with Gasteiger partial charge in [-0.05, 0) is 35.9 Å². The number of aromatic nitrogens is 1. The van der Waals surface area contributed by atoms with Gasteiger partial charge in [0.25, 0.3) is 0 Å². The summed E-state index contributed by atoms with van der Waals surface area (Å²) in [6.07, 6.45) is 3.19. The summed E-state index contributed by atoms with van der Waals surface area (Å²) in [7, 11) is 0. The van der Waals surface area contributed by atoms with E-state index in [-0.39, 0.29) is 5.91 Å². The zero-order valence-corrected chi connectivity index (χ0v) is 12.5. The number of nitrogens with zero attached hydrogens (tertiary/aromatic N) is 1. The van der Waals surface area contributed by atoms with E-state index in [1.807, 2.05) is 36.4 Å². The molecule has 0 radical (unpaired) electrons. The van der Waals surface area contributed by atoms with E-state index >= 15 is 0 Å². The van der Waals surface area contributed by atoms with Crippen molar-refractivity contribution in [2.45, 2.75) is 0 Å². The summed E-state index contributed by atoms with van der Waals surface area (Å²) in [6.45, 7) is 0. The van der Waals surface area contributed by atoms with E-state index in [2.05, 4.69) is 10.3 Å². The van der Waals surface area contributed by atoms with Crippen molar-refractivity contribution in [2.75, 3.05) is 5.32 Å². The van der Waals surface area contributed by atoms with Gasteiger partial charge in [-0.15, -0.1) is 0 Å². The Kier molecular flexibility index (Phi) is 3.99. The molecule has 0 atom stereocenters. The summed E-state index contributed by atoms with van der Waals surface area (Å²) >= 11 is 7.34. The summed E-state index contributed by atoms with van der Waals surface area (Å²) in [4.78, 5) is 16.2. The fraction of sp³-hybridized carbons (Fsp3) is 0. The summed E-state index contributed by atoms with van der Waals surface area (Å²) in [5.41, 5.74) is 1.76. The molecule has 0 aliphatic heterocycles. The molecule has 0 unspecified atom stereocenters. The third-order valence-corrected chi connectivity index (χ3v) is 3.99. The van der Waals surface area contributed by atoms with E-state index < -0.39 is 0 Å². The molecule has 104 valence electrons. The number of thiazole rings is 1. The molecule has 0 spiro atoms. The maximum Gasteiger partial charge on any atom is 0.250 e. The first-order valence-electron chi connectivity index (χ1n) is 6.31. The monoisotopic (exact) mass is 314 g/mol. The molecule has 3 rings (SSSR count). The Balaban J connectivity index is 1.71. The van der Waals surface area contributed by atoms with Gasteiger partial charge in [0.15, 0.2) is 5.13 Å². The van der Waals surface area contributed by atoms with Crippen molar-refractivity contribution in [3.8, 4) is 0 Å². The van der Waals surface area contributed by atoms with Crippen LogP contribution in [0.4, 0.5) is 5.13 Å². The van der Waals surface area contributed by atoms with Crippen LogP contribution in [-0.2, 0) is 4.79 Å². The summed E-state index contributed by atoms with van der Waals surface area (Å²) in [5.74, 6) is -0.214. The summed E-state index contributed by atoms with van der Waals surface area (Å²) < 4.78 is 1.05. The Hall–Kier alpha value is -2.17. The van der Waals surface area contributed by atoms with Crippen LogP contribution in [0.25, 0.3) is 16.3 Å². The Morgan fingerprint density at radius 2 is 2.05 bits per heavy atom. The van der Waals surface area contributed by atoms with E-state index in [4.69, 9.17) is 11.6 Å². The predicted octanol–water partition coefficient (Wildman–Crippen LogP) is 4.60. The fourth-order valence-corrected chi connectivity index (χ4v) is 2.92. The van der Waals surface area contributed by atoms with Crippen LogP contribution in [0.3, 0.4) is 0 Å². The van der Waals surface area contributed by atoms with Gasteiger partial charge < -0.3 is 0 Å². The van der Waals surface area contributed by atoms with Gasteiger partial charge in [0.1, 0.15) is 0 Å². The normalized spacial score (nSPS) is 11.1. The standard InChI is InChI=1S/C16H11ClN2OS/c17-12-5-3-4-11(10-12)8-9-15(20)19-16-18-13-6-1-2-7-14(13)21-16/h1-10H,(H,18,19,20)/b9-8+. The highest BCUT2D eigenvalue weighted by atomic mass is 35.5. The molecule has 1 N–H and O–H groups in total. The number of hydrogen-bond acceptors (Lipinski definition) is 3. The number of anilines is 1. The molecule has 1 amide bonds. The second kappa shape index (κ2) is 6.08. The number of rotatable bonds is 3. The molecule has 0 aliphatic rings. The number of hydrogen-bond donors (Lipinski definition) is 1. The van der Waals surface area contributed by atoms with E-state index in [1.165, 1.54) is 17.4 Å². The lowest BCUT2D eigenvalue weighted by atomic mass is 10.2. The van der Waals surface area contributed by atoms with Crippen molar-refractivity contribution in [1.29, 1.82) is 0 Å². The first-order valence-corrected chi connectivity index (χ1v) is 7.50. The molecule has 1 heterocycles. The molecule has 0 aliphatic carbocycles. The minimum absolute atomic E-state index is 0.214. The van der Waals surface area contributed by atoms with Crippen molar-refractivity contribution in [2.24, 2.45) is 0 Å². The molecule has 5 heteroatoms. The van der Waals surface area contributed by atoms with Crippen LogP contribution in [-0.4, -0.2) is 10.9 Å². The van der Waals surface area contributed by atoms with Gasteiger partial charge >= 0.3 is 0 Å². The number of nitrogens with one attached hydrogen (secondary N) is 1. The van der Waals surface area contributed by atoms with Gasteiger partial charge in [-0.2, -0.15) is 0 Å². The Morgan fingerprint density at radius 3 is 2.86 bits per heavy atom. The van der Waals surface area contributed by atoms with Gasteiger partial charge in [-0.3, -0.25) is 10.1 Å². The molecule has 0 saturated carbocycles. The molecular weight excluding hydrogens is 304 g/mol. The number of benzene rings is 2. The van der Waals surface area contributed by atoms with Crippen LogP contribution >= 0.6 is 22.9 Å². The number of fused-ring (bicyclic) bond motifs is 1. The van der Waals surface area contributed by atoms with Crippen LogP contribution in [0.1, 0.15) is 5.56 Å². The van der Waals surface area contributed by atoms with Crippen LogP contribution in [0.15, 0.2) is 54.6 Å². The second-order valence-corrected chi connectivity index (χ2v) is 5.83. The van der Waals surface area contributed by atoms with Crippen LogP contribution in [0, 0.1) is 0 Å². The van der Waals surface area contributed by atoms with Gasteiger partial charge in [-0.1, -0.05) is 47.2 Å². The smallest absolute Gasteiger partial charge is 0.250 e. The van der Waals surface area contributed by atoms with Crippen LogP contribution in [0.2, 0.25) is 5.02 Å². The van der Waals surface area contributed by atoms with E-state index in [0.717, 1.165) is 15.8 Å². The quantitative estimate of drug-likeness (QED) is 0.718. The molecule has 2 aromatic carbocycles. The number of amides is 1. The van der Waals surface area contributed by atoms with Crippen molar-refractivity contribution in [1.82, 2.24) is 4.98 Å². The third kappa shape index (κ3) is 3.48. The summed E-state index contributed by atoms with van der Waals surface area (Å²) in [6, 6.07) is 15.1. The van der Waals surface area contributed by atoms with E-state index in [9.17, 15) is 4.79 Å². The largest absolute Gasteiger partial charge is 0.298 e. The molecule has 0 saturated heterocycles. The lowest BCUT2D eigenvalue weighted by Crippen LogP contribution is -2.07. The zero-order chi connectivity index (χ0) is 14.7. The highest BCUT2D eigenvalue weighted by molar-refractivity contribution is 7.22. The number of carbonyl (C=O) groups excluding carboxylic acids is 1. The fourth-order valence-electron chi connectivity index (χ4n) is 1.85. The Morgan fingerprint density at radius 1 is 1.19 bits per heavy atom. The molecule has 3 nitrogen and oxygen atoms in total. The third-order valence-electron chi connectivity index (χ3n) is 2.80. The maximum absolute atomic E-state index is 11.9. The lowest BCUT2D eigenvalue weighted by Gasteiger charge is -1.96. The second-order valence-electron chi connectivity index (χ2n) is 4.36. The molecule has 1 aromatic heterocycles. The number of para-hydroxylation sites is 1. The maximum atomic E-state index is 11.9. The van der Waals surface area contributed by atoms with Crippen molar-refractivity contribution >= 4 is 50.3 Å². The minimum Gasteiger partial charge on any atom is -0.298 e. The minimum atomic E-state index is -0.214. The van der Waals surface area contributed by atoms with Gasteiger partial charge in [-0.25, -0.2) is 4.98 Å². The number of carbonyl (C=O) groups is 1. The molecule has 21 heavy (non-hydrogen) atoms. The van der Waals surface area contributed by atoms with Crippen molar-refractivity contribution in [3.63, 3.8) is 0 Å². The van der Waals surface area contributed by atoms with Crippen molar-refractivity contribution in [3.05, 3.63) is 65.2 Å². The number of halogens is 1. The Bertz CT molecular complexity index is 793. The highest BCUT2D eigenvalue weighted by Gasteiger charge is 2.04. The van der Waals surface area contributed by atoms with Gasteiger partial charge in [0.2, 0.25) is 5.91 Å². The lowest BCUT2D eigenvalue weighted by molar-refractivity contribution is -0.111. The first-order chi connectivity index (χ1) is 10.2. The summed E-state index contributed by atoms with van der Waals surface area (Å²) in [5, 5.41) is 4.00. The Labute approximate surface area is 130 Å². The molecular formula is C16H11ClN2OS. The SMILES string of the molecule is O=C(/C=C/c1cccc(Cl)c1)Nc1nc2ccccc2s1. The van der Waals surface area contributed by atoms with Gasteiger partial charge in [0.05, 0.1) is 10.2 Å². The van der Waals surface area contributed by atoms with Gasteiger partial charge in [0, 0.05) is 11.1 Å². The molecule has 3 aromatic rings. The van der Waals surface area contributed by atoms with E-state index in [0.29, 0.717) is 10.2 Å². The zero-order valence-electron chi connectivity index (χ0n) is 10.9. The predicted molar refractivity (Wildman–Crippen MR) is 88.7 cm³/mol.